The van der Waals surface area contributed by atoms with Crippen molar-refractivity contribution < 1.29 is 39.5 Å². The van der Waals surface area contributed by atoms with Crippen LogP contribution in [0.25, 0.3) is 0 Å². The standard InChI is InChI=1S/C13H22O2.Na/c14-12(15)13(9-5-2-6-10-13)11-7-3-1-4-8-11;/h11H,1-10H2,(H,14,15);/q;+1/p-1. The molecular formula is C13H21NaO2. The minimum atomic E-state index is -0.755. The van der Waals surface area contributed by atoms with E-state index in [4.69, 9.17) is 0 Å². The summed E-state index contributed by atoms with van der Waals surface area (Å²) in [7, 11) is 0. The number of carbonyl (C=O) groups is 1. The third-order valence-electron chi connectivity index (χ3n) is 4.54. The molecule has 2 fully saturated rings. The Morgan fingerprint density at radius 3 is 1.94 bits per heavy atom. The van der Waals surface area contributed by atoms with Gasteiger partial charge in [0.15, 0.2) is 0 Å². The second kappa shape index (κ2) is 6.42. The van der Waals surface area contributed by atoms with Crippen LogP contribution in [-0.2, 0) is 4.79 Å². The van der Waals surface area contributed by atoms with E-state index in [1.807, 2.05) is 0 Å². The van der Waals surface area contributed by atoms with E-state index in [9.17, 15) is 9.90 Å². The monoisotopic (exact) mass is 232 g/mol. The molecule has 2 aliphatic carbocycles. The van der Waals surface area contributed by atoms with Gasteiger partial charge in [-0.25, -0.2) is 0 Å². The molecule has 2 aliphatic rings. The molecule has 0 aromatic carbocycles. The first-order valence-electron chi connectivity index (χ1n) is 6.47. The molecular weight excluding hydrogens is 211 g/mol. The molecule has 16 heavy (non-hydrogen) atoms. The zero-order valence-corrected chi connectivity index (χ0v) is 12.5. The summed E-state index contributed by atoms with van der Waals surface area (Å²) in [6, 6.07) is 0. The zero-order valence-electron chi connectivity index (χ0n) is 10.5. The van der Waals surface area contributed by atoms with Crippen LogP contribution in [0.3, 0.4) is 0 Å². The predicted octanol–water partition coefficient (Wildman–Crippen LogP) is -0.729. The molecule has 0 aliphatic heterocycles. The number of rotatable bonds is 2. The Hall–Kier alpha value is 0.470. The van der Waals surface area contributed by atoms with Crippen LogP contribution in [0.4, 0.5) is 0 Å². The minimum absolute atomic E-state index is 0. The Morgan fingerprint density at radius 1 is 0.938 bits per heavy atom. The van der Waals surface area contributed by atoms with E-state index in [0.29, 0.717) is 5.92 Å². The first-order chi connectivity index (χ1) is 7.26. The van der Waals surface area contributed by atoms with Gasteiger partial charge in [0.25, 0.3) is 0 Å². The van der Waals surface area contributed by atoms with E-state index in [1.165, 1.54) is 25.7 Å². The van der Waals surface area contributed by atoms with Crippen molar-refractivity contribution in [2.45, 2.75) is 64.2 Å². The van der Waals surface area contributed by atoms with Crippen LogP contribution < -0.4 is 34.7 Å². The van der Waals surface area contributed by atoms with E-state index in [2.05, 4.69) is 0 Å². The zero-order chi connectivity index (χ0) is 10.7. The van der Waals surface area contributed by atoms with Gasteiger partial charge in [-0.05, 0) is 31.6 Å². The molecule has 0 N–H and O–H groups in total. The fourth-order valence-corrected chi connectivity index (χ4v) is 3.62. The molecule has 0 heterocycles. The van der Waals surface area contributed by atoms with E-state index < -0.39 is 11.4 Å². The maximum absolute atomic E-state index is 11.5. The smallest absolute Gasteiger partial charge is 0.550 e. The number of hydrogen-bond donors (Lipinski definition) is 0. The molecule has 2 rings (SSSR count). The molecule has 0 spiro atoms. The first-order valence-corrected chi connectivity index (χ1v) is 6.47. The molecule has 2 nitrogen and oxygen atoms in total. The summed E-state index contributed by atoms with van der Waals surface area (Å²) in [5.41, 5.74) is -0.446. The average Bonchev–Trinajstić information content (AvgIpc) is 2.31. The Labute approximate surface area is 120 Å². The number of aliphatic carboxylic acids is 1. The maximum Gasteiger partial charge on any atom is 1.00 e. The van der Waals surface area contributed by atoms with Gasteiger partial charge in [-0.1, -0.05) is 38.5 Å². The topological polar surface area (TPSA) is 40.1 Å². The van der Waals surface area contributed by atoms with Crippen LogP contribution in [0.5, 0.6) is 0 Å². The summed E-state index contributed by atoms with van der Waals surface area (Å²) >= 11 is 0. The largest absolute Gasteiger partial charge is 1.00 e. The van der Waals surface area contributed by atoms with Crippen molar-refractivity contribution in [2.75, 3.05) is 0 Å². The molecule has 3 heteroatoms. The molecule has 0 unspecified atom stereocenters. The van der Waals surface area contributed by atoms with Gasteiger partial charge in [0.05, 0.1) is 0 Å². The van der Waals surface area contributed by atoms with E-state index in [1.54, 1.807) is 0 Å². The van der Waals surface area contributed by atoms with Crippen molar-refractivity contribution >= 4 is 5.97 Å². The van der Waals surface area contributed by atoms with Crippen molar-refractivity contribution in [3.63, 3.8) is 0 Å². The summed E-state index contributed by atoms with van der Waals surface area (Å²) in [6.45, 7) is 0. The van der Waals surface area contributed by atoms with Gasteiger partial charge in [0.2, 0.25) is 0 Å². The number of carboxylic acids is 1. The first kappa shape index (κ1) is 14.5. The van der Waals surface area contributed by atoms with E-state index in [-0.39, 0.29) is 29.6 Å². The van der Waals surface area contributed by atoms with Crippen molar-refractivity contribution in [1.82, 2.24) is 0 Å². The van der Waals surface area contributed by atoms with Gasteiger partial charge >= 0.3 is 29.6 Å². The van der Waals surface area contributed by atoms with Crippen molar-refractivity contribution in [2.24, 2.45) is 11.3 Å². The fourth-order valence-electron chi connectivity index (χ4n) is 3.62. The number of hydrogen-bond acceptors (Lipinski definition) is 2. The molecule has 0 bridgehead atoms. The van der Waals surface area contributed by atoms with Crippen LogP contribution in [0.2, 0.25) is 0 Å². The molecule has 0 saturated heterocycles. The van der Waals surface area contributed by atoms with Crippen LogP contribution in [-0.4, -0.2) is 5.97 Å². The maximum atomic E-state index is 11.5. The van der Waals surface area contributed by atoms with Crippen molar-refractivity contribution in [3.8, 4) is 0 Å². The summed E-state index contributed by atoms with van der Waals surface area (Å²) in [6.07, 6.45) is 11.1. The predicted molar refractivity (Wildman–Crippen MR) is 57.1 cm³/mol. The van der Waals surface area contributed by atoms with Crippen molar-refractivity contribution in [3.05, 3.63) is 0 Å². The summed E-state index contributed by atoms with van der Waals surface area (Å²) in [5, 5.41) is 11.5. The molecule has 0 aromatic rings. The van der Waals surface area contributed by atoms with Gasteiger partial charge < -0.3 is 9.90 Å². The normalized spacial score (nSPS) is 25.8. The van der Waals surface area contributed by atoms with Crippen molar-refractivity contribution in [1.29, 1.82) is 0 Å². The Balaban J connectivity index is 0.00000128. The molecule has 0 radical (unpaired) electrons. The molecule has 2 saturated carbocycles. The Bertz CT molecular complexity index is 228. The molecule has 0 aromatic heterocycles. The fraction of sp³-hybridized carbons (Fsp3) is 0.923. The van der Waals surface area contributed by atoms with Gasteiger partial charge in [0, 0.05) is 11.4 Å². The van der Waals surface area contributed by atoms with Gasteiger partial charge in [-0.2, -0.15) is 0 Å². The minimum Gasteiger partial charge on any atom is -0.550 e. The van der Waals surface area contributed by atoms with Crippen LogP contribution >= 0.6 is 0 Å². The van der Waals surface area contributed by atoms with Gasteiger partial charge in [-0.15, -0.1) is 0 Å². The van der Waals surface area contributed by atoms with E-state index in [0.717, 1.165) is 38.5 Å². The van der Waals surface area contributed by atoms with Crippen LogP contribution in [0.15, 0.2) is 0 Å². The second-order valence-corrected chi connectivity index (χ2v) is 5.34. The number of carbonyl (C=O) groups excluding carboxylic acids is 1. The van der Waals surface area contributed by atoms with Crippen LogP contribution in [0, 0.1) is 11.3 Å². The number of carboxylic acid groups (broad SMARTS) is 1. The van der Waals surface area contributed by atoms with Gasteiger partial charge in [-0.3, -0.25) is 0 Å². The SMILES string of the molecule is O=C([O-])C1(C2CCCCC2)CCCCC1.[Na+]. The second-order valence-electron chi connectivity index (χ2n) is 5.34. The average molecular weight is 232 g/mol. The summed E-state index contributed by atoms with van der Waals surface area (Å²) in [4.78, 5) is 11.5. The summed E-state index contributed by atoms with van der Waals surface area (Å²) in [5.74, 6) is -0.342. The third kappa shape index (κ3) is 2.83. The summed E-state index contributed by atoms with van der Waals surface area (Å²) < 4.78 is 0. The van der Waals surface area contributed by atoms with Gasteiger partial charge in [0.1, 0.15) is 0 Å². The molecule has 0 amide bonds. The quantitative estimate of drug-likeness (QED) is 0.589. The molecule has 86 valence electrons. The Kier molecular flexibility index (Phi) is 5.83. The third-order valence-corrected chi connectivity index (χ3v) is 4.54. The Morgan fingerprint density at radius 2 is 1.44 bits per heavy atom. The van der Waals surface area contributed by atoms with E-state index >= 15 is 0 Å². The van der Waals surface area contributed by atoms with Crippen LogP contribution in [0.1, 0.15) is 64.2 Å². The molecule has 0 atom stereocenters.